The molecule has 1 amide bonds. The van der Waals surface area contributed by atoms with Crippen LogP contribution in [0.1, 0.15) is 15.9 Å². The van der Waals surface area contributed by atoms with Crippen molar-refractivity contribution in [1.29, 1.82) is 0 Å². The summed E-state index contributed by atoms with van der Waals surface area (Å²) in [4.78, 5) is 24.6. The van der Waals surface area contributed by atoms with Crippen LogP contribution in [-0.2, 0) is 6.18 Å². The van der Waals surface area contributed by atoms with Gasteiger partial charge in [-0.2, -0.15) is 13.2 Å². The molecule has 2 aromatic heterocycles. The van der Waals surface area contributed by atoms with Gasteiger partial charge in [0.2, 0.25) is 0 Å². The Morgan fingerprint density at radius 2 is 1.76 bits per heavy atom. The van der Waals surface area contributed by atoms with E-state index in [1.807, 2.05) is 11.0 Å². The highest BCUT2D eigenvalue weighted by Gasteiger charge is 2.31. The number of benzene rings is 1. The van der Waals surface area contributed by atoms with Crippen LogP contribution >= 0.6 is 11.6 Å². The monoisotopic (exact) mass is 420 g/mol. The van der Waals surface area contributed by atoms with Crippen LogP contribution in [0.3, 0.4) is 0 Å². The zero-order chi connectivity index (χ0) is 20.6. The summed E-state index contributed by atoms with van der Waals surface area (Å²) in [5, 5.41) is 1.22. The van der Waals surface area contributed by atoms with Gasteiger partial charge in [0.1, 0.15) is 11.0 Å². The molecular weight excluding hydrogens is 405 g/mol. The van der Waals surface area contributed by atoms with Gasteiger partial charge < -0.3 is 9.80 Å². The van der Waals surface area contributed by atoms with Gasteiger partial charge >= 0.3 is 6.18 Å². The van der Waals surface area contributed by atoms with E-state index >= 15 is 0 Å². The van der Waals surface area contributed by atoms with Crippen LogP contribution in [0, 0.1) is 0 Å². The summed E-state index contributed by atoms with van der Waals surface area (Å²) in [5.74, 6) is 0.376. The molecule has 5 nitrogen and oxygen atoms in total. The molecule has 1 aromatic carbocycles. The summed E-state index contributed by atoms with van der Waals surface area (Å²) in [6, 6.07) is 11.1. The lowest BCUT2D eigenvalue weighted by molar-refractivity contribution is -0.137. The van der Waals surface area contributed by atoms with E-state index in [0.717, 1.165) is 17.6 Å². The van der Waals surface area contributed by atoms with Crippen LogP contribution < -0.4 is 4.90 Å². The first-order chi connectivity index (χ1) is 13.8. The molecule has 0 saturated carbocycles. The van der Waals surface area contributed by atoms with Gasteiger partial charge in [-0.3, -0.25) is 4.79 Å². The lowest BCUT2D eigenvalue weighted by Crippen LogP contribution is -2.49. The fourth-order valence-electron chi connectivity index (χ4n) is 3.30. The van der Waals surface area contributed by atoms with Gasteiger partial charge in [-0.15, -0.1) is 0 Å². The Labute approximate surface area is 169 Å². The first kappa shape index (κ1) is 19.4. The van der Waals surface area contributed by atoms with Crippen LogP contribution in [0.5, 0.6) is 0 Å². The van der Waals surface area contributed by atoms with E-state index in [-0.39, 0.29) is 5.91 Å². The van der Waals surface area contributed by atoms with Crippen LogP contribution in [0.2, 0.25) is 5.15 Å². The molecule has 0 atom stereocenters. The number of anilines is 1. The molecule has 29 heavy (non-hydrogen) atoms. The standard InChI is InChI=1S/C20H16ClF3N4O/c21-17-5-2-13-11-14(1-4-16(13)26-17)19(29)28-9-7-27(8-10-28)18-6-3-15(12-25-18)20(22,23)24/h1-6,11-12H,7-10H2. The van der Waals surface area contributed by atoms with Crippen molar-refractivity contribution >= 4 is 34.2 Å². The summed E-state index contributed by atoms with van der Waals surface area (Å²) in [5.41, 5.74) is 0.497. The Hall–Kier alpha value is -2.87. The number of nitrogens with zero attached hydrogens (tertiary/aromatic N) is 4. The van der Waals surface area contributed by atoms with Crippen molar-refractivity contribution in [2.45, 2.75) is 6.18 Å². The quantitative estimate of drug-likeness (QED) is 0.581. The maximum Gasteiger partial charge on any atom is 0.417 e. The normalized spacial score (nSPS) is 15.0. The highest BCUT2D eigenvalue weighted by atomic mass is 35.5. The number of piperazine rings is 1. The minimum absolute atomic E-state index is 0.0955. The van der Waals surface area contributed by atoms with Gasteiger partial charge in [-0.25, -0.2) is 9.97 Å². The molecule has 1 aliphatic heterocycles. The minimum atomic E-state index is -4.41. The number of alkyl halides is 3. The van der Waals surface area contributed by atoms with Crippen molar-refractivity contribution < 1.29 is 18.0 Å². The van der Waals surface area contributed by atoms with Crippen LogP contribution in [-0.4, -0.2) is 47.0 Å². The number of pyridine rings is 2. The second-order valence-electron chi connectivity index (χ2n) is 6.72. The van der Waals surface area contributed by atoms with Crippen molar-refractivity contribution in [2.75, 3.05) is 31.1 Å². The summed E-state index contributed by atoms with van der Waals surface area (Å²) in [6.45, 7) is 1.90. The Morgan fingerprint density at radius 1 is 1.00 bits per heavy atom. The van der Waals surface area contributed by atoms with Gasteiger partial charge in [0.25, 0.3) is 5.91 Å². The Kier molecular flexibility index (Phi) is 5.04. The van der Waals surface area contributed by atoms with Gasteiger partial charge in [0, 0.05) is 43.3 Å². The number of carbonyl (C=O) groups excluding carboxylic acids is 1. The van der Waals surface area contributed by atoms with E-state index in [1.165, 1.54) is 6.07 Å². The van der Waals surface area contributed by atoms with E-state index in [9.17, 15) is 18.0 Å². The van der Waals surface area contributed by atoms with E-state index < -0.39 is 11.7 Å². The summed E-state index contributed by atoms with van der Waals surface area (Å²) in [6.07, 6.45) is -3.57. The number of rotatable bonds is 2. The maximum absolute atomic E-state index is 12.8. The van der Waals surface area contributed by atoms with E-state index in [4.69, 9.17) is 11.6 Å². The topological polar surface area (TPSA) is 49.3 Å². The Bertz CT molecular complexity index is 1050. The molecule has 0 radical (unpaired) electrons. The summed E-state index contributed by atoms with van der Waals surface area (Å²) in [7, 11) is 0. The highest BCUT2D eigenvalue weighted by molar-refractivity contribution is 6.29. The minimum Gasteiger partial charge on any atom is -0.353 e. The fourth-order valence-corrected chi connectivity index (χ4v) is 3.45. The number of fused-ring (bicyclic) bond motifs is 1. The molecule has 0 spiro atoms. The van der Waals surface area contributed by atoms with Crippen molar-refractivity contribution in [3.8, 4) is 0 Å². The molecule has 1 fully saturated rings. The van der Waals surface area contributed by atoms with Crippen LogP contribution in [0.25, 0.3) is 10.9 Å². The molecule has 150 valence electrons. The largest absolute Gasteiger partial charge is 0.417 e. The molecule has 0 bridgehead atoms. The summed E-state index contributed by atoms with van der Waals surface area (Å²) >= 11 is 5.89. The molecule has 0 aliphatic carbocycles. The average Bonchev–Trinajstić information content (AvgIpc) is 2.72. The number of hydrogen-bond acceptors (Lipinski definition) is 4. The maximum atomic E-state index is 12.8. The number of halogens is 4. The van der Waals surface area contributed by atoms with Crippen LogP contribution in [0.4, 0.5) is 19.0 Å². The van der Waals surface area contributed by atoms with Crippen molar-refractivity contribution in [2.24, 2.45) is 0 Å². The van der Waals surface area contributed by atoms with E-state index in [0.29, 0.717) is 48.2 Å². The zero-order valence-corrected chi connectivity index (χ0v) is 15.9. The van der Waals surface area contributed by atoms with E-state index in [2.05, 4.69) is 9.97 Å². The van der Waals surface area contributed by atoms with E-state index in [1.54, 1.807) is 29.2 Å². The molecule has 3 aromatic rings. The van der Waals surface area contributed by atoms with Gasteiger partial charge in [-0.05, 0) is 42.5 Å². The second-order valence-corrected chi connectivity index (χ2v) is 7.11. The lowest BCUT2D eigenvalue weighted by Gasteiger charge is -2.35. The third-order valence-electron chi connectivity index (χ3n) is 4.87. The first-order valence-electron chi connectivity index (χ1n) is 8.95. The van der Waals surface area contributed by atoms with Crippen molar-refractivity contribution in [3.05, 3.63) is 64.9 Å². The molecule has 3 heterocycles. The van der Waals surface area contributed by atoms with Gasteiger partial charge in [0.15, 0.2) is 0 Å². The summed E-state index contributed by atoms with van der Waals surface area (Å²) < 4.78 is 38.0. The molecule has 1 saturated heterocycles. The molecule has 0 unspecified atom stereocenters. The van der Waals surface area contributed by atoms with Gasteiger partial charge in [0.05, 0.1) is 11.1 Å². The SMILES string of the molecule is O=C(c1ccc2nc(Cl)ccc2c1)N1CCN(c2ccc(C(F)(F)F)cn2)CC1. The molecule has 0 N–H and O–H groups in total. The van der Waals surface area contributed by atoms with Crippen LogP contribution in [0.15, 0.2) is 48.7 Å². The first-order valence-corrected chi connectivity index (χ1v) is 9.33. The number of carbonyl (C=O) groups is 1. The highest BCUT2D eigenvalue weighted by Crippen LogP contribution is 2.29. The number of amides is 1. The number of aromatic nitrogens is 2. The van der Waals surface area contributed by atoms with Gasteiger partial charge in [-0.1, -0.05) is 11.6 Å². The molecular formula is C20H16ClF3N4O. The van der Waals surface area contributed by atoms with Crippen molar-refractivity contribution in [3.63, 3.8) is 0 Å². The lowest BCUT2D eigenvalue weighted by atomic mass is 10.1. The predicted molar refractivity (Wildman–Crippen MR) is 104 cm³/mol. The van der Waals surface area contributed by atoms with Crippen molar-refractivity contribution in [1.82, 2.24) is 14.9 Å². The fraction of sp³-hybridized carbons (Fsp3) is 0.250. The smallest absolute Gasteiger partial charge is 0.353 e. The molecule has 1 aliphatic rings. The third kappa shape index (κ3) is 4.12. The Morgan fingerprint density at radius 3 is 2.41 bits per heavy atom. The zero-order valence-electron chi connectivity index (χ0n) is 15.2. The molecule has 4 rings (SSSR count). The number of hydrogen-bond donors (Lipinski definition) is 0. The average molecular weight is 421 g/mol. The predicted octanol–water partition coefficient (Wildman–Crippen LogP) is 4.26. The Balaban J connectivity index is 1.42. The molecule has 9 heteroatoms. The second kappa shape index (κ2) is 7.51. The third-order valence-corrected chi connectivity index (χ3v) is 5.08.